The molecule has 108 valence electrons. The van der Waals surface area contributed by atoms with E-state index in [1.54, 1.807) is 0 Å². The summed E-state index contributed by atoms with van der Waals surface area (Å²) < 4.78 is 4.30. The summed E-state index contributed by atoms with van der Waals surface area (Å²) in [7, 11) is 0. The summed E-state index contributed by atoms with van der Waals surface area (Å²) in [6.45, 7) is 0. The summed E-state index contributed by atoms with van der Waals surface area (Å²) in [5.41, 5.74) is 0. The van der Waals surface area contributed by atoms with Gasteiger partial charge in [0.15, 0.2) is 0 Å². The summed E-state index contributed by atoms with van der Waals surface area (Å²) in [5.74, 6) is 1.39. The zero-order chi connectivity index (χ0) is 13.7. The number of urea groups is 1. The predicted octanol–water partition coefficient (Wildman–Crippen LogP) is 1.94. The molecule has 3 aliphatic rings. The maximum absolute atomic E-state index is 12.4. The molecule has 3 fully saturated rings. The molecule has 20 heavy (non-hydrogen) atoms. The van der Waals surface area contributed by atoms with Crippen molar-refractivity contribution in [2.75, 3.05) is 5.32 Å². The molecule has 7 heteroatoms. The zero-order valence-corrected chi connectivity index (χ0v) is 12.0. The van der Waals surface area contributed by atoms with E-state index in [0.717, 1.165) is 31.5 Å². The van der Waals surface area contributed by atoms with E-state index in [1.165, 1.54) is 11.5 Å². The number of carbonyl (C=O) groups excluding carboxylic acids is 1. The number of aromatic nitrogens is 2. The van der Waals surface area contributed by atoms with E-state index in [1.807, 2.05) is 4.90 Å². The van der Waals surface area contributed by atoms with Crippen molar-refractivity contribution < 1.29 is 9.90 Å². The molecule has 2 saturated heterocycles. The molecule has 2 N–H and O–H groups in total. The Morgan fingerprint density at radius 3 is 2.60 bits per heavy atom. The third kappa shape index (κ3) is 2.18. The Kier molecular flexibility index (Phi) is 2.92. The Balaban J connectivity index is 1.44. The number of nitrogens with one attached hydrogen (secondary N) is 1. The lowest BCUT2D eigenvalue weighted by molar-refractivity contribution is 0.0580. The smallest absolute Gasteiger partial charge is 0.324 e. The molecular formula is C13H18N4O2S. The molecule has 1 aromatic heterocycles. The van der Waals surface area contributed by atoms with E-state index in [-0.39, 0.29) is 24.2 Å². The molecule has 0 radical (unpaired) electrons. The Bertz CT molecular complexity index is 516. The van der Waals surface area contributed by atoms with Gasteiger partial charge in [-0.3, -0.25) is 5.32 Å². The molecule has 4 rings (SSSR count). The average Bonchev–Trinajstić information content (AvgIpc) is 3.09. The van der Waals surface area contributed by atoms with Crippen molar-refractivity contribution in [3.63, 3.8) is 0 Å². The molecule has 2 bridgehead atoms. The number of nitrogens with zero attached hydrogens (tertiary/aromatic N) is 3. The summed E-state index contributed by atoms with van der Waals surface area (Å²) >= 11 is 1.26. The van der Waals surface area contributed by atoms with Gasteiger partial charge >= 0.3 is 6.03 Å². The number of amides is 2. The van der Waals surface area contributed by atoms with Crippen LogP contribution in [0.3, 0.4) is 0 Å². The van der Waals surface area contributed by atoms with Crippen LogP contribution in [0.5, 0.6) is 0 Å². The van der Waals surface area contributed by atoms with Gasteiger partial charge in [-0.05, 0) is 38.5 Å². The number of piperidine rings is 1. The van der Waals surface area contributed by atoms with Gasteiger partial charge in [-0.15, -0.1) is 0 Å². The molecule has 0 aromatic carbocycles. The monoisotopic (exact) mass is 294 g/mol. The van der Waals surface area contributed by atoms with Crippen LogP contribution in [0, 0.1) is 0 Å². The number of hydrogen-bond acceptors (Lipinski definition) is 5. The highest BCUT2D eigenvalue weighted by molar-refractivity contribution is 7.09. The van der Waals surface area contributed by atoms with Crippen LogP contribution in [0.25, 0.3) is 0 Å². The van der Waals surface area contributed by atoms with Gasteiger partial charge in [0.05, 0.1) is 6.10 Å². The fraction of sp³-hybridized carbons (Fsp3) is 0.769. The van der Waals surface area contributed by atoms with Crippen LogP contribution < -0.4 is 5.32 Å². The lowest BCUT2D eigenvalue weighted by Gasteiger charge is -2.36. The molecule has 3 atom stereocenters. The topological polar surface area (TPSA) is 78.4 Å². The maximum atomic E-state index is 12.4. The number of aliphatic hydroxyl groups excluding tert-OH is 1. The SMILES string of the molecule is O=C(Nc1nc(C2CC2)ns1)N1[C@@H]2CC[C@H]1CC(O)C2. The van der Waals surface area contributed by atoms with E-state index in [2.05, 4.69) is 14.7 Å². The van der Waals surface area contributed by atoms with Crippen LogP contribution >= 0.6 is 11.5 Å². The second-order valence-electron chi connectivity index (χ2n) is 6.08. The van der Waals surface area contributed by atoms with Crippen molar-refractivity contribution in [2.45, 2.75) is 62.6 Å². The Hall–Kier alpha value is -1.21. The van der Waals surface area contributed by atoms with E-state index >= 15 is 0 Å². The fourth-order valence-electron chi connectivity index (χ4n) is 3.43. The van der Waals surface area contributed by atoms with Gasteiger partial charge in [0.1, 0.15) is 5.82 Å². The Morgan fingerprint density at radius 1 is 1.25 bits per heavy atom. The van der Waals surface area contributed by atoms with E-state index < -0.39 is 0 Å². The van der Waals surface area contributed by atoms with E-state index in [4.69, 9.17) is 0 Å². The highest BCUT2D eigenvalue weighted by atomic mass is 32.1. The van der Waals surface area contributed by atoms with Gasteiger partial charge in [-0.1, -0.05) is 0 Å². The molecule has 2 amide bonds. The van der Waals surface area contributed by atoms with Crippen LogP contribution in [0.4, 0.5) is 9.93 Å². The number of fused-ring (bicyclic) bond motifs is 2. The van der Waals surface area contributed by atoms with Crippen LogP contribution in [-0.2, 0) is 0 Å². The Morgan fingerprint density at radius 2 is 1.95 bits per heavy atom. The molecule has 6 nitrogen and oxygen atoms in total. The standard InChI is InChI=1S/C13H18N4O2S/c18-10-5-8-3-4-9(6-10)17(8)13(19)15-12-14-11(16-20-12)7-1-2-7/h7-10,18H,1-6H2,(H,14,15,16,19)/t8-,9+,10?. The highest BCUT2D eigenvalue weighted by Gasteiger charge is 2.43. The molecule has 1 saturated carbocycles. The highest BCUT2D eigenvalue weighted by Crippen LogP contribution is 2.40. The van der Waals surface area contributed by atoms with Crippen LogP contribution in [0.1, 0.15) is 50.3 Å². The molecule has 3 heterocycles. The number of hydrogen-bond donors (Lipinski definition) is 2. The molecule has 2 aliphatic heterocycles. The third-order valence-electron chi connectivity index (χ3n) is 4.54. The number of carbonyl (C=O) groups is 1. The van der Waals surface area contributed by atoms with Gasteiger partial charge in [0, 0.05) is 29.5 Å². The lowest BCUT2D eigenvalue weighted by Crippen LogP contribution is -2.49. The third-order valence-corrected chi connectivity index (χ3v) is 5.19. The predicted molar refractivity (Wildman–Crippen MR) is 74.8 cm³/mol. The first-order chi connectivity index (χ1) is 9.70. The molecule has 1 aliphatic carbocycles. The van der Waals surface area contributed by atoms with Gasteiger partial charge < -0.3 is 10.0 Å². The first kappa shape index (κ1) is 12.5. The van der Waals surface area contributed by atoms with Crippen molar-refractivity contribution in [3.05, 3.63) is 5.82 Å². The van der Waals surface area contributed by atoms with Gasteiger partial charge in [-0.2, -0.15) is 4.37 Å². The molecular weight excluding hydrogens is 276 g/mol. The van der Waals surface area contributed by atoms with Gasteiger partial charge in [0.2, 0.25) is 5.13 Å². The molecule has 1 unspecified atom stereocenters. The molecule has 0 spiro atoms. The average molecular weight is 294 g/mol. The maximum Gasteiger partial charge on any atom is 0.324 e. The quantitative estimate of drug-likeness (QED) is 0.873. The minimum absolute atomic E-state index is 0.0807. The van der Waals surface area contributed by atoms with E-state index in [0.29, 0.717) is 23.9 Å². The van der Waals surface area contributed by atoms with Crippen molar-refractivity contribution in [1.82, 2.24) is 14.3 Å². The number of anilines is 1. The normalized spacial score (nSPS) is 32.5. The lowest BCUT2D eigenvalue weighted by atomic mass is 10.0. The van der Waals surface area contributed by atoms with Crippen molar-refractivity contribution in [2.24, 2.45) is 0 Å². The van der Waals surface area contributed by atoms with Crippen LogP contribution in [0.15, 0.2) is 0 Å². The largest absolute Gasteiger partial charge is 0.393 e. The second-order valence-corrected chi connectivity index (χ2v) is 6.83. The van der Waals surface area contributed by atoms with Crippen molar-refractivity contribution >= 4 is 22.7 Å². The Labute approximate surface area is 121 Å². The number of aliphatic hydroxyl groups is 1. The molecule has 1 aromatic rings. The van der Waals surface area contributed by atoms with Crippen molar-refractivity contribution in [1.29, 1.82) is 0 Å². The summed E-state index contributed by atoms with van der Waals surface area (Å²) in [6.07, 6.45) is 5.48. The van der Waals surface area contributed by atoms with Crippen LogP contribution in [-0.4, -0.2) is 43.6 Å². The first-order valence-electron chi connectivity index (χ1n) is 7.31. The minimum atomic E-state index is -0.250. The zero-order valence-electron chi connectivity index (χ0n) is 11.2. The number of rotatable bonds is 2. The van der Waals surface area contributed by atoms with Crippen molar-refractivity contribution in [3.8, 4) is 0 Å². The van der Waals surface area contributed by atoms with Gasteiger partial charge in [-0.25, -0.2) is 9.78 Å². The fourth-order valence-corrected chi connectivity index (χ4v) is 4.07. The summed E-state index contributed by atoms with van der Waals surface area (Å²) in [6, 6.07) is 0.280. The summed E-state index contributed by atoms with van der Waals surface area (Å²) in [5, 5.41) is 13.3. The van der Waals surface area contributed by atoms with E-state index in [9.17, 15) is 9.90 Å². The minimum Gasteiger partial charge on any atom is -0.393 e. The second kappa shape index (κ2) is 4.66. The van der Waals surface area contributed by atoms with Gasteiger partial charge in [0.25, 0.3) is 0 Å². The first-order valence-corrected chi connectivity index (χ1v) is 8.09. The van der Waals surface area contributed by atoms with Crippen LogP contribution in [0.2, 0.25) is 0 Å². The summed E-state index contributed by atoms with van der Waals surface area (Å²) in [4.78, 5) is 18.7.